The number of fused-ring (bicyclic) bond motifs is 1. The van der Waals surface area contributed by atoms with Crippen molar-refractivity contribution in [3.8, 4) is 5.75 Å². The minimum Gasteiger partial charge on any atom is -0.497 e. The van der Waals surface area contributed by atoms with Crippen molar-refractivity contribution >= 4 is 17.5 Å². The average Bonchev–Trinajstić information content (AvgIpc) is 2.60. The predicted octanol–water partition coefficient (Wildman–Crippen LogP) is 2.32. The summed E-state index contributed by atoms with van der Waals surface area (Å²) in [6.45, 7) is 0.651. The minimum atomic E-state index is -0.450. The molecule has 0 saturated carbocycles. The summed E-state index contributed by atoms with van der Waals surface area (Å²) in [6.07, 6.45) is 1.87. The van der Waals surface area contributed by atoms with Crippen LogP contribution in [-0.4, -0.2) is 25.5 Å². The van der Waals surface area contributed by atoms with Gasteiger partial charge in [0.25, 0.3) is 0 Å². The van der Waals surface area contributed by atoms with Crippen LogP contribution in [0.15, 0.2) is 42.5 Å². The van der Waals surface area contributed by atoms with Crippen LogP contribution >= 0.6 is 0 Å². The summed E-state index contributed by atoms with van der Waals surface area (Å²) in [6, 6.07) is 12.9. The number of ether oxygens (including phenoxy) is 1. The lowest BCUT2D eigenvalue weighted by atomic mass is 9.95. The van der Waals surface area contributed by atoms with E-state index in [1.165, 1.54) is 0 Å². The second-order valence-corrected chi connectivity index (χ2v) is 5.84. The number of rotatable bonds is 4. The molecular weight excluding hydrogens is 304 g/mol. The Morgan fingerprint density at radius 2 is 2.00 bits per heavy atom. The van der Waals surface area contributed by atoms with Crippen molar-refractivity contribution in [2.75, 3.05) is 18.6 Å². The monoisotopic (exact) mass is 324 g/mol. The van der Waals surface area contributed by atoms with Crippen molar-refractivity contribution < 1.29 is 14.3 Å². The highest BCUT2D eigenvalue weighted by Crippen LogP contribution is 2.30. The largest absolute Gasteiger partial charge is 0.497 e. The van der Waals surface area contributed by atoms with E-state index in [-0.39, 0.29) is 12.3 Å². The number of nitrogens with zero attached hydrogens (tertiary/aromatic N) is 1. The molecule has 0 fully saturated rings. The molecule has 0 atom stereocenters. The molecule has 0 bridgehead atoms. The molecule has 2 aromatic carbocycles. The number of carbonyl (C=O) groups is 2. The molecule has 124 valence electrons. The summed E-state index contributed by atoms with van der Waals surface area (Å²) >= 11 is 0. The molecule has 0 aliphatic carbocycles. The summed E-state index contributed by atoms with van der Waals surface area (Å²) < 4.78 is 5.20. The third-order valence-electron chi connectivity index (χ3n) is 4.31. The van der Waals surface area contributed by atoms with Gasteiger partial charge in [-0.1, -0.05) is 18.2 Å². The number of methoxy groups -OCH3 is 1. The van der Waals surface area contributed by atoms with E-state index >= 15 is 0 Å². The average molecular weight is 324 g/mol. The van der Waals surface area contributed by atoms with Gasteiger partial charge in [0.1, 0.15) is 5.75 Å². The zero-order chi connectivity index (χ0) is 17.1. The molecule has 1 aliphatic rings. The van der Waals surface area contributed by atoms with Gasteiger partial charge in [0.15, 0.2) is 0 Å². The molecule has 0 spiro atoms. The smallest absolute Gasteiger partial charge is 0.249 e. The number of nitrogens with two attached hydrogens (primary N) is 1. The standard InChI is InChI=1S/C19H20N2O3/c1-24-14-6-2-5-13(11-14)12-18(22)21-10-4-8-15-16(19(20)23)7-3-9-17(15)21/h2-3,5-7,9,11H,4,8,10,12H2,1H3,(H2,20,23). The van der Waals surface area contributed by atoms with Gasteiger partial charge in [-0.05, 0) is 48.2 Å². The first-order valence-corrected chi connectivity index (χ1v) is 7.95. The summed E-state index contributed by atoms with van der Waals surface area (Å²) in [4.78, 5) is 26.2. The lowest BCUT2D eigenvalue weighted by molar-refractivity contribution is -0.118. The minimum absolute atomic E-state index is 0.00539. The molecule has 5 heteroatoms. The lowest BCUT2D eigenvalue weighted by Crippen LogP contribution is -2.37. The van der Waals surface area contributed by atoms with E-state index in [9.17, 15) is 9.59 Å². The number of carbonyl (C=O) groups excluding carboxylic acids is 2. The molecule has 5 nitrogen and oxygen atoms in total. The van der Waals surface area contributed by atoms with E-state index in [0.29, 0.717) is 12.1 Å². The van der Waals surface area contributed by atoms with E-state index in [1.807, 2.05) is 30.3 Å². The van der Waals surface area contributed by atoms with Crippen LogP contribution in [0.2, 0.25) is 0 Å². The Bertz CT molecular complexity index is 786. The summed E-state index contributed by atoms with van der Waals surface area (Å²) in [5.41, 5.74) is 8.53. The van der Waals surface area contributed by atoms with Crippen LogP contribution in [0.25, 0.3) is 0 Å². The van der Waals surface area contributed by atoms with Gasteiger partial charge in [0.2, 0.25) is 11.8 Å². The van der Waals surface area contributed by atoms with Crippen molar-refractivity contribution in [1.82, 2.24) is 0 Å². The molecule has 0 aromatic heterocycles. The summed E-state index contributed by atoms with van der Waals surface area (Å²) in [5, 5.41) is 0. The second kappa shape index (κ2) is 6.74. The Hall–Kier alpha value is -2.82. The van der Waals surface area contributed by atoms with Gasteiger partial charge < -0.3 is 15.4 Å². The Morgan fingerprint density at radius 3 is 2.75 bits per heavy atom. The maximum atomic E-state index is 12.8. The van der Waals surface area contributed by atoms with E-state index in [0.717, 1.165) is 35.4 Å². The molecule has 3 rings (SSSR count). The SMILES string of the molecule is COc1cccc(CC(=O)N2CCCc3c(C(N)=O)cccc32)c1. The molecule has 0 saturated heterocycles. The van der Waals surface area contributed by atoms with E-state index in [4.69, 9.17) is 10.5 Å². The highest BCUT2D eigenvalue weighted by molar-refractivity contribution is 6.00. The maximum absolute atomic E-state index is 12.8. The third-order valence-corrected chi connectivity index (χ3v) is 4.31. The van der Waals surface area contributed by atoms with Crippen molar-refractivity contribution in [3.63, 3.8) is 0 Å². The number of anilines is 1. The van der Waals surface area contributed by atoms with Crippen LogP contribution in [0.1, 0.15) is 27.9 Å². The number of hydrogen-bond donors (Lipinski definition) is 1. The van der Waals surface area contributed by atoms with Crippen LogP contribution < -0.4 is 15.4 Å². The zero-order valence-electron chi connectivity index (χ0n) is 13.6. The quantitative estimate of drug-likeness (QED) is 0.938. The second-order valence-electron chi connectivity index (χ2n) is 5.84. The molecule has 2 aromatic rings. The molecule has 2 N–H and O–H groups in total. The van der Waals surface area contributed by atoms with Crippen LogP contribution in [0.3, 0.4) is 0 Å². The number of amides is 2. The van der Waals surface area contributed by atoms with Gasteiger partial charge in [-0.25, -0.2) is 0 Å². The maximum Gasteiger partial charge on any atom is 0.249 e. The fraction of sp³-hybridized carbons (Fsp3) is 0.263. The van der Waals surface area contributed by atoms with Gasteiger partial charge in [-0.15, -0.1) is 0 Å². The molecule has 1 aliphatic heterocycles. The Kier molecular flexibility index (Phi) is 4.51. The van der Waals surface area contributed by atoms with Crippen molar-refractivity contribution in [1.29, 1.82) is 0 Å². The van der Waals surface area contributed by atoms with E-state index in [1.54, 1.807) is 24.1 Å². The molecule has 2 amide bonds. The molecule has 24 heavy (non-hydrogen) atoms. The van der Waals surface area contributed by atoms with Crippen molar-refractivity contribution in [3.05, 3.63) is 59.2 Å². The first-order valence-electron chi connectivity index (χ1n) is 7.95. The van der Waals surface area contributed by atoms with Crippen LogP contribution in [-0.2, 0) is 17.6 Å². The van der Waals surface area contributed by atoms with Crippen molar-refractivity contribution in [2.24, 2.45) is 5.73 Å². The summed E-state index contributed by atoms with van der Waals surface area (Å²) in [5.74, 6) is 0.287. The predicted molar refractivity (Wildman–Crippen MR) is 92.3 cm³/mol. The highest BCUT2D eigenvalue weighted by Gasteiger charge is 2.25. The third kappa shape index (κ3) is 3.11. The first-order chi connectivity index (χ1) is 11.6. The summed E-state index contributed by atoms with van der Waals surface area (Å²) in [7, 11) is 1.60. The van der Waals surface area contributed by atoms with Gasteiger partial charge >= 0.3 is 0 Å². The van der Waals surface area contributed by atoms with Crippen LogP contribution in [0, 0.1) is 0 Å². The molecule has 0 unspecified atom stereocenters. The number of benzene rings is 2. The molecule has 1 heterocycles. The number of primary amides is 1. The zero-order valence-corrected chi connectivity index (χ0v) is 13.6. The Labute approximate surface area is 141 Å². The van der Waals surface area contributed by atoms with Crippen LogP contribution in [0.4, 0.5) is 5.69 Å². The van der Waals surface area contributed by atoms with Gasteiger partial charge in [-0.3, -0.25) is 9.59 Å². The van der Waals surface area contributed by atoms with Gasteiger partial charge in [0.05, 0.1) is 13.5 Å². The highest BCUT2D eigenvalue weighted by atomic mass is 16.5. The van der Waals surface area contributed by atoms with Gasteiger partial charge in [-0.2, -0.15) is 0 Å². The van der Waals surface area contributed by atoms with Gasteiger partial charge in [0, 0.05) is 17.8 Å². The fourth-order valence-corrected chi connectivity index (χ4v) is 3.17. The Balaban J connectivity index is 1.87. The van der Waals surface area contributed by atoms with Crippen LogP contribution in [0.5, 0.6) is 5.75 Å². The molecular formula is C19H20N2O3. The number of hydrogen-bond acceptors (Lipinski definition) is 3. The normalized spacial score (nSPS) is 13.3. The van der Waals surface area contributed by atoms with E-state index < -0.39 is 5.91 Å². The topological polar surface area (TPSA) is 72.6 Å². The molecule has 0 radical (unpaired) electrons. The van der Waals surface area contributed by atoms with Crippen molar-refractivity contribution in [2.45, 2.75) is 19.3 Å². The lowest BCUT2D eigenvalue weighted by Gasteiger charge is -2.30. The Morgan fingerprint density at radius 1 is 1.21 bits per heavy atom. The fourth-order valence-electron chi connectivity index (χ4n) is 3.17. The van der Waals surface area contributed by atoms with E-state index in [2.05, 4.69) is 0 Å². The first kappa shape index (κ1) is 16.1.